The summed E-state index contributed by atoms with van der Waals surface area (Å²) in [5.74, 6) is 0.566. The molecule has 6 heteroatoms. The number of aryl methyl sites for hydroxylation is 1. The summed E-state index contributed by atoms with van der Waals surface area (Å²) >= 11 is 0. The molecule has 0 aliphatic rings. The van der Waals surface area contributed by atoms with Gasteiger partial charge in [-0.15, -0.1) is 0 Å². The van der Waals surface area contributed by atoms with E-state index in [-0.39, 0.29) is 0 Å². The van der Waals surface area contributed by atoms with Crippen LogP contribution in [-0.4, -0.2) is 28.6 Å². The van der Waals surface area contributed by atoms with Gasteiger partial charge in [0.25, 0.3) is 0 Å². The van der Waals surface area contributed by atoms with Gasteiger partial charge in [0, 0.05) is 12.4 Å². The van der Waals surface area contributed by atoms with Crippen molar-refractivity contribution >= 4 is 22.7 Å². The van der Waals surface area contributed by atoms with Gasteiger partial charge in [0.05, 0.1) is 24.5 Å². The fraction of sp³-hybridized carbons (Fsp3) is 0.429. The first-order valence-electron chi connectivity index (χ1n) is 6.30. The van der Waals surface area contributed by atoms with Crippen LogP contribution < -0.4 is 10.1 Å². The Hall–Kier alpha value is -2.24. The molecule has 2 aromatic rings. The maximum Gasteiger partial charge on any atom is 0.412 e. The Morgan fingerprint density at radius 1 is 1.35 bits per heavy atom. The van der Waals surface area contributed by atoms with Crippen molar-refractivity contribution in [1.82, 2.24) is 9.78 Å². The van der Waals surface area contributed by atoms with Crippen molar-refractivity contribution in [3.8, 4) is 5.75 Å². The van der Waals surface area contributed by atoms with E-state index in [1.54, 1.807) is 24.1 Å². The minimum atomic E-state index is -0.555. The summed E-state index contributed by atoms with van der Waals surface area (Å²) in [5.41, 5.74) is 0.907. The second kappa shape index (κ2) is 5.03. The summed E-state index contributed by atoms with van der Waals surface area (Å²) < 4.78 is 12.3. The first kappa shape index (κ1) is 14.2. The second-order valence-corrected chi connectivity index (χ2v) is 5.47. The molecular weight excluding hydrogens is 258 g/mol. The number of fused-ring (bicyclic) bond motifs is 1. The number of methoxy groups -OCH3 is 1. The van der Waals surface area contributed by atoms with E-state index < -0.39 is 11.7 Å². The highest BCUT2D eigenvalue weighted by molar-refractivity contribution is 6.01. The third kappa shape index (κ3) is 2.84. The lowest BCUT2D eigenvalue weighted by molar-refractivity contribution is 0.0635. The number of hydrogen-bond acceptors (Lipinski definition) is 4. The largest absolute Gasteiger partial charge is 0.495 e. The van der Waals surface area contributed by atoms with Crippen molar-refractivity contribution in [3.63, 3.8) is 0 Å². The number of hydrogen-bond donors (Lipinski definition) is 1. The van der Waals surface area contributed by atoms with E-state index >= 15 is 0 Å². The van der Waals surface area contributed by atoms with Gasteiger partial charge < -0.3 is 9.47 Å². The molecule has 0 saturated carbocycles. The molecule has 0 fully saturated rings. The molecular formula is C14H19N3O3. The number of rotatable bonds is 2. The zero-order valence-corrected chi connectivity index (χ0v) is 12.4. The highest BCUT2D eigenvalue weighted by Crippen LogP contribution is 2.33. The topological polar surface area (TPSA) is 65.4 Å². The van der Waals surface area contributed by atoms with Gasteiger partial charge in [0.1, 0.15) is 11.4 Å². The minimum Gasteiger partial charge on any atom is -0.495 e. The van der Waals surface area contributed by atoms with E-state index in [2.05, 4.69) is 10.4 Å². The third-order valence-corrected chi connectivity index (χ3v) is 2.74. The number of ether oxygens (including phenoxy) is 2. The van der Waals surface area contributed by atoms with Crippen molar-refractivity contribution in [1.29, 1.82) is 0 Å². The molecule has 2 rings (SSSR count). The van der Waals surface area contributed by atoms with E-state index in [0.29, 0.717) is 11.4 Å². The van der Waals surface area contributed by atoms with Crippen LogP contribution in [0.15, 0.2) is 18.3 Å². The van der Waals surface area contributed by atoms with Gasteiger partial charge in [-0.2, -0.15) is 5.10 Å². The number of amides is 1. The molecule has 0 spiro atoms. The Bertz CT molecular complexity index is 641. The van der Waals surface area contributed by atoms with Crippen LogP contribution in [0, 0.1) is 0 Å². The molecule has 0 radical (unpaired) electrons. The monoisotopic (exact) mass is 277 g/mol. The number of carbonyl (C=O) groups excluding carboxylic acids is 1. The number of anilines is 1. The maximum atomic E-state index is 11.9. The van der Waals surface area contributed by atoms with E-state index in [4.69, 9.17) is 9.47 Å². The molecule has 0 bridgehead atoms. The van der Waals surface area contributed by atoms with E-state index in [1.165, 1.54) is 0 Å². The second-order valence-electron chi connectivity index (χ2n) is 5.47. The molecule has 1 aromatic carbocycles. The smallest absolute Gasteiger partial charge is 0.412 e. The molecule has 0 aliphatic heterocycles. The van der Waals surface area contributed by atoms with Crippen LogP contribution in [0.5, 0.6) is 5.75 Å². The first-order chi connectivity index (χ1) is 9.31. The lowest BCUT2D eigenvalue weighted by Gasteiger charge is -2.20. The molecule has 0 aliphatic carbocycles. The average Bonchev–Trinajstić information content (AvgIpc) is 2.69. The number of nitrogens with zero attached hydrogens (tertiary/aromatic N) is 2. The average molecular weight is 277 g/mol. The highest BCUT2D eigenvalue weighted by atomic mass is 16.6. The van der Waals surface area contributed by atoms with Crippen molar-refractivity contribution in [3.05, 3.63) is 18.3 Å². The Morgan fingerprint density at radius 3 is 2.65 bits per heavy atom. The van der Waals surface area contributed by atoms with Crippen molar-refractivity contribution in [2.24, 2.45) is 7.05 Å². The maximum absolute atomic E-state index is 11.9. The van der Waals surface area contributed by atoms with Gasteiger partial charge in [-0.1, -0.05) is 0 Å². The Balaban J connectivity index is 2.39. The molecule has 0 atom stereocenters. The Kier molecular flexibility index (Phi) is 3.57. The number of benzene rings is 1. The minimum absolute atomic E-state index is 0.521. The normalized spacial score (nSPS) is 11.4. The van der Waals surface area contributed by atoms with Gasteiger partial charge in [-0.05, 0) is 32.9 Å². The first-order valence-corrected chi connectivity index (χ1v) is 6.30. The van der Waals surface area contributed by atoms with Crippen LogP contribution in [0.4, 0.5) is 10.5 Å². The number of nitrogens with one attached hydrogen (secondary N) is 1. The van der Waals surface area contributed by atoms with Crippen LogP contribution in [0.2, 0.25) is 0 Å². The zero-order valence-electron chi connectivity index (χ0n) is 12.4. The Labute approximate surface area is 117 Å². The summed E-state index contributed by atoms with van der Waals surface area (Å²) in [7, 11) is 3.39. The van der Waals surface area contributed by atoms with Gasteiger partial charge in [-0.3, -0.25) is 10.00 Å². The summed E-state index contributed by atoms with van der Waals surface area (Å²) in [5, 5.41) is 7.72. The van der Waals surface area contributed by atoms with E-state index in [1.807, 2.05) is 33.9 Å². The van der Waals surface area contributed by atoms with Crippen LogP contribution in [0.1, 0.15) is 20.8 Å². The summed E-state index contributed by atoms with van der Waals surface area (Å²) in [6, 6.07) is 3.68. The van der Waals surface area contributed by atoms with Gasteiger partial charge in [-0.25, -0.2) is 4.79 Å². The molecule has 6 nitrogen and oxygen atoms in total. The molecule has 1 amide bonds. The Morgan fingerprint density at radius 2 is 2.05 bits per heavy atom. The molecule has 108 valence electrons. The van der Waals surface area contributed by atoms with E-state index in [9.17, 15) is 4.79 Å². The summed E-state index contributed by atoms with van der Waals surface area (Å²) in [6.45, 7) is 5.44. The third-order valence-electron chi connectivity index (χ3n) is 2.74. The van der Waals surface area contributed by atoms with Crippen LogP contribution in [0.25, 0.3) is 10.9 Å². The van der Waals surface area contributed by atoms with Crippen LogP contribution in [0.3, 0.4) is 0 Å². The van der Waals surface area contributed by atoms with Gasteiger partial charge in [0.2, 0.25) is 0 Å². The van der Waals surface area contributed by atoms with Crippen molar-refractivity contribution < 1.29 is 14.3 Å². The molecule has 0 saturated heterocycles. The SMILES string of the molecule is COc1ccc2c(cnn2C)c1NC(=O)OC(C)(C)C. The lowest BCUT2D eigenvalue weighted by Crippen LogP contribution is -2.27. The molecule has 1 aromatic heterocycles. The molecule has 0 unspecified atom stereocenters. The summed E-state index contributed by atoms with van der Waals surface area (Å²) in [4.78, 5) is 11.9. The molecule has 20 heavy (non-hydrogen) atoms. The van der Waals surface area contributed by atoms with Gasteiger partial charge in [0.15, 0.2) is 0 Å². The number of aromatic nitrogens is 2. The predicted molar refractivity (Wildman–Crippen MR) is 77.1 cm³/mol. The quantitative estimate of drug-likeness (QED) is 0.916. The fourth-order valence-electron chi connectivity index (χ4n) is 1.91. The van der Waals surface area contributed by atoms with Crippen molar-refractivity contribution in [2.45, 2.75) is 26.4 Å². The van der Waals surface area contributed by atoms with Crippen LogP contribution in [-0.2, 0) is 11.8 Å². The van der Waals surface area contributed by atoms with Gasteiger partial charge >= 0.3 is 6.09 Å². The zero-order chi connectivity index (χ0) is 14.9. The molecule has 1 heterocycles. The highest BCUT2D eigenvalue weighted by Gasteiger charge is 2.19. The van der Waals surface area contributed by atoms with E-state index in [0.717, 1.165) is 10.9 Å². The number of carbonyl (C=O) groups is 1. The predicted octanol–water partition coefficient (Wildman–Crippen LogP) is 2.93. The standard InChI is InChI=1S/C14H19N3O3/c1-14(2,3)20-13(18)16-12-9-8-15-17(4)10(9)6-7-11(12)19-5/h6-8H,1-5H3,(H,16,18). The summed E-state index contributed by atoms with van der Waals surface area (Å²) in [6.07, 6.45) is 1.16. The molecule has 1 N–H and O–H groups in total. The lowest BCUT2D eigenvalue weighted by atomic mass is 10.2. The van der Waals surface area contributed by atoms with Crippen molar-refractivity contribution in [2.75, 3.05) is 12.4 Å². The fourth-order valence-corrected chi connectivity index (χ4v) is 1.91. The van der Waals surface area contributed by atoms with Crippen LogP contribution >= 0.6 is 0 Å².